The molecule has 0 spiro atoms. The summed E-state index contributed by atoms with van der Waals surface area (Å²) in [5.41, 5.74) is 1.76. The van der Waals surface area contributed by atoms with E-state index in [0.29, 0.717) is 18.7 Å². The van der Waals surface area contributed by atoms with Gasteiger partial charge in [0.15, 0.2) is 0 Å². The summed E-state index contributed by atoms with van der Waals surface area (Å²) in [6.07, 6.45) is 0.694. The van der Waals surface area contributed by atoms with Crippen molar-refractivity contribution in [2.75, 3.05) is 18.0 Å². The summed E-state index contributed by atoms with van der Waals surface area (Å²) in [5, 5.41) is 2.83. The van der Waals surface area contributed by atoms with E-state index in [1.165, 1.54) is 4.31 Å². The summed E-state index contributed by atoms with van der Waals surface area (Å²) in [7, 11) is 1.64. The number of urea groups is 1. The van der Waals surface area contributed by atoms with E-state index in [1.54, 1.807) is 31.4 Å². The molecule has 5 heteroatoms. The van der Waals surface area contributed by atoms with Crippen molar-refractivity contribution in [3.8, 4) is 5.75 Å². The average Bonchev–Trinajstić information content (AvgIpc) is 2.55. The van der Waals surface area contributed by atoms with Crippen LogP contribution in [0.1, 0.15) is 5.56 Å². The fraction of sp³-hybridized carbons (Fsp3) is 0.188. The normalized spacial score (nSPS) is 10.0. The first-order chi connectivity index (χ1) is 10.2. The molecular formula is C16H17N2O2S. The zero-order chi connectivity index (χ0) is 15.1. The van der Waals surface area contributed by atoms with Crippen LogP contribution in [0.2, 0.25) is 0 Å². The number of para-hydroxylation sites is 1. The molecule has 2 aromatic rings. The highest BCUT2D eigenvalue weighted by molar-refractivity contribution is 7.82. The van der Waals surface area contributed by atoms with Crippen LogP contribution in [-0.2, 0) is 6.42 Å². The van der Waals surface area contributed by atoms with Crippen molar-refractivity contribution in [1.82, 2.24) is 5.32 Å². The smallest absolute Gasteiger partial charge is 0.331 e. The van der Waals surface area contributed by atoms with E-state index in [-0.39, 0.29) is 6.03 Å². The number of benzene rings is 2. The molecule has 1 radical (unpaired) electrons. The maximum absolute atomic E-state index is 12.0. The second-order valence-corrected chi connectivity index (χ2v) is 4.76. The monoisotopic (exact) mass is 301 g/mol. The SMILES string of the molecule is COc1ccccc1CCNC(=O)N(S)c1cc[c]cc1. The van der Waals surface area contributed by atoms with Crippen molar-refractivity contribution in [2.45, 2.75) is 6.42 Å². The average molecular weight is 301 g/mol. The third kappa shape index (κ3) is 4.16. The molecule has 0 unspecified atom stereocenters. The van der Waals surface area contributed by atoms with Gasteiger partial charge in [-0.15, -0.1) is 0 Å². The number of anilines is 1. The van der Waals surface area contributed by atoms with Crippen LogP contribution in [0.5, 0.6) is 5.75 Å². The summed E-state index contributed by atoms with van der Waals surface area (Å²) in [4.78, 5) is 12.0. The Morgan fingerprint density at radius 3 is 2.71 bits per heavy atom. The van der Waals surface area contributed by atoms with E-state index in [2.05, 4.69) is 24.2 Å². The van der Waals surface area contributed by atoms with E-state index in [1.807, 2.05) is 24.3 Å². The molecule has 0 heterocycles. The summed E-state index contributed by atoms with van der Waals surface area (Å²) < 4.78 is 6.55. The maximum atomic E-state index is 12.0. The summed E-state index contributed by atoms with van der Waals surface area (Å²) in [6, 6.07) is 17.4. The van der Waals surface area contributed by atoms with Gasteiger partial charge in [0, 0.05) is 6.54 Å². The first-order valence-corrected chi connectivity index (χ1v) is 6.97. The van der Waals surface area contributed by atoms with Gasteiger partial charge >= 0.3 is 6.03 Å². The lowest BCUT2D eigenvalue weighted by molar-refractivity contribution is 0.250. The van der Waals surface area contributed by atoms with Gasteiger partial charge in [-0.05, 0) is 36.2 Å². The molecule has 2 rings (SSSR count). The van der Waals surface area contributed by atoms with Crippen LogP contribution < -0.4 is 14.4 Å². The van der Waals surface area contributed by atoms with E-state index < -0.39 is 0 Å². The number of carbonyl (C=O) groups is 1. The zero-order valence-corrected chi connectivity index (χ0v) is 12.6. The number of amides is 2. The minimum absolute atomic E-state index is 0.264. The van der Waals surface area contributed by atoms with E-state index in [4.69, 9.17) is 4.74 Å². The fourth-order valence-electron chi connectivity index (χ4n) is 1.93. The van der Waals surface area contributed by atoms with E-state index in [9.17, 15) is 4.79 Å². The minimum Gasteiger partial charge on any atom is -0.496 e. The predicted molar refractivity (Wildman–Crippen MR) is 86.8 cm³/mol. The number of ether oxygens (including phenoxy) is 1. The largest absolute Gasteiger partial charge is 0.496 e. The molecule has 21 heavy (non-hydrogen) atoms. The van der Waals surface area contributed by atoms with Crippen LogP contribution in [0.15, 0.2) is 48.5 Å². The summed E-state index contributed by atoms with van der Waals surface area (Å²) in [5.74, 6) is 0.827. The fourth-order valence-corrected chi connectivity index (χ4v) is 2.13. The molecule has 0 aliphatic heterocycles. The lowest BCUT2D eigenvalue weighted by atomic mass is 10.1. The Morgan fingerprint density at radius 2 is 2.00 bits per heavy atom. The molecule has 0 bridgehead atoms. The van der Waals surface area contributed by atoms with Gasteiger partial charge in [-0.1, -0.05) is 43.1 Å². The Labute approximate surface area is 130 Å². The molecule has 2 amide bonds. The molecule has 4 nitrogen and oxygen atoms in total. The first-order valence-electron chi connectivity index (χ1n) is 6.57. The molecule has 0 saturated carbocycles. The minimum atomic E-state index is -0.264. The van der Waals surface area contributed by atoms with Crippen molar-refractivity contribution < 1.29 is 9.53 Å². The van der Waals surface area contributed by atoms with E-state index >= 15 is 0 Å². The molecule has 109 valence electrons. The van der Waals surface area contributed by atoms with Gasteiger partial charge in [-0.25, -0.2) is 9.10 Å². The summed E-state index contributed by atoms with van der Waals surface area (Å²) in [6.45, 7) is 0.509. The second kappa shape index (κ2) is 7.59. The van der Waals surface area contributed by atoms with Crippen molar-refractivity contribution in [3.63, 3.8) is 0 Å². The molecule has 0 atom stereocenters. The van der Waals surface area contributed by atoms with Gasteiger partial charge in [0.2, 0.25) is 0 Å². The number of rotatable bonds is 5. The Hall–Kier alpha value is -2.14. The number of hydrogen-bond donors (Lipinski definition) is 2. The molecule has 0 fully saturated rings. The Kier molecular flexibility index (Phi) is 5.51. The lowest BCUT2D eigenvalue weighted by Gasteiger charge is -2.16. The third-order valence-electron chi connectivity index (χ3n) is 3.00. The molecule has 0 aliphatic rings. The Bertz CT molecular complexity index is 590. The van der Waals surface area contributed by atoms with Crippen LogP contribution in [0.25, 0.3) is 0 Å². The van der Waals surface area contributed by atoms with Gasteiger partial charge in [0.1, 0.15) is 5.75 Å². The standard InChI is InChI=1S/C16H17N2O2S/c1-20-15-10-6-5-7-13(15)11-12-17-16(19)18(21)14-8-3-2-4-9-14/h3-10,21H,11-12H2,1H3,(H,17,19). The van der Waals surface area contributed by atoms with Crippen LogP contribution in [-0.4, -0.2) is 19.7 Å². The highest BCUT2D eigenvalue weighted by Crippen LogP contribution is 2.18. The quantitative estimate of drug-likeness (QED) is 0.833. The Balaban J connectivity index is 1.87. The van der Waals surface area contributed by atoms with Crippen LogP contribution >= 0.6 is 12.8 Å². The summed E-state index contributed by atoms with van der Waals surface area (Å²) >= 11 is 4.20. The molecule has 2 aromatic carbocycles. The van der Waals surface area contributed by atoms with Gasteiger partial charge in [0.25, 0.3) is 0 Å². The highest BCUT2D eigenvalue weighted by atomic mass is 32.1. The number of hydrogen-bond acceptors (Lipinski definition) is 3. The highest BCUT2D eigenvalue weighted by Gasteiger charge is 2.11. The van der Waals surface area contributed by atoms with Crippen LogP contribution in [0, 0.1) is 6.07 Å². The van der Waals surface area contributed by atoms with Gasteiger partial charge < -0.3 is 10.1 Å². The maximum Gasteiger partial charge on any atom is 0.331 e. The number of nitrogens with zero attached hydrogens (tertiary/aromatic N) is 1. The number of nitrogens with one attached hydrogen (secondary N) is 1. The van der Waals surface area contributed by atoms with Crippen molar-refractivity contribution in [1.29, 1.82) is 0 Å². The van der Waals surface area contributed by atoms with E-state index in [0.717, 1.165) is 11.3 Å². The number of thiol groups is 1. The molecule has 0 aliphatic carbocycles. The van der Waals surface area contributed by atoms with Crippen molar-refractivity contribution >= 4 is 24.5 Å². The molecule has 1 N–H and O–H groups in total. The van der Waals surface area contributed by atoms with Crippen LogP contribution in [0.3, 0.4) is 0 Å². The van der Waals surface area contributed by atoms with Gasteiger partial charge in [-0.2, -0.15) is 0 Å². The first kappa shape index (κ1) is 15.3. The molecule has 0 saturated heterocycles. The molecular weight excluding hydrogens is 284 g/mol. The van der Waals surface area contributed by atoms with Crippen molar-refractivity contribution in [3.05, 3.63) is 60.2 Å². The zero-order valence-electron chi connectivity index (χ0n) is 11.7. The lowest BCUT2D eigenvalue weighted by Crippen LogP contribution is -2.35. The van der Waals surface area contributed by atoms with Crippen molar-refractivity contribution in [2.24, 2.45) is 0 Å². The van der Waals surface area contributed by atoms with Gasteiger partial charge in [-0.3, -0.25) is 0 Å². The number of methoxy groups -OCH3 is 1. The van der Waals surface area contributed by atoms with Gasteiger partial charge in [0.05, 0.1) is 12.8 Å². The topological polar surface area (TPSA) is 41.6 Å². The third-order valence-corrected chi connectivity index (χ3v) is 3.41. The van der Waals surface area contributed by atoms with Crippen LogP contribution in [0.4, 0.5) is 10.5 Å². The number of carbonyl (C=O) groups excluding carboxylic acids is 1. The molecule has 0 aromatic heterocycles. The predicted octanol–water partition coefficient (Wildman–Crippen LogP) is 3.10. The second-order valence-electron chi connectivity index (χ2n) is 4.36. The Morgan fingerprint density at radius 1 is 1.29 bits per heavy atom.